The molecule has 0 heterocycles. The molecule has 0 aliphatic heterocycles. The van der Waals surface area contributed by atoms with Gasteiger partial charge in [-0.25, -0.2) is 8.42 Å². The van der Waals surface area contributed by atoms with Crippen LogP contribution in [0.15, 0.2) is 29.2 Å². The molecular weight excluding hydrogens is 290 g/mol. The highest BCUT2D eigenvalue weighted by Crippen LogP contribution is 2.19. The first-order valence-corrected chi connectivity index (χ1v) is 8.46. The van der Waals surface area contributed by atoms with Gasteiger partial charge in [0.1, 0.15) is 0 Å². The minimum atomic E-state index is -3.74. The standard InChI is InChI=1S/C14H21N3O3S/c1-9(15)11-4-3-5-13(8-11)21(19,20)17-10(2)14(18)16-12-6-7-12/h3-5,8-10,12,17H,6-7,15H2,1-2H3,(H,16,18). The number of carbonyl (C=O) groups is 1. The van der Waals surface area contributed by atoms with Gasteiger partial charge in [0, 0.05) is 12.1 Å². The van der Waals surface area contributed by atoms with Crippen LogP contribution in [0.3, 0.4) is 0 Å². The summed E-state index contributed by atoms with van der Waals surface area (Å²) >= 11 is 0. The zero-order valence-electron chi connectivity index (χ0n) is 12.2. The van der Waals surface area contributed by atoms with Crippen molar-refractivity contribution in [2.24, 2.45) is 5.73 Å². The van der Waals surface area contributed by atoms with E-state index in [-0.39, 0.29) is 22.9 Å². The largest absolute Gasteiger partial charge is 0.352 e. The van der Waals surface area contributed by atoms with Gasteiger partial charge in [-0.15, -0.1) is 0 Å². The second-order valence-corrected chi connectivity index (χ2v) is 7.20. The van der Waals surface area contributed by atoms with Crippen molar-refractivity contribution < 1.29 is 13.2 Å². The SMILES string of the molecule is CC(NS(=O)(=O)c1cccc(C(C)N)c1)C(=O)NC1CC1. The summed E-state index contributed by atoms with van der Waals surface area (Å²) in [6.45, 7) is 3.32. The van der Waals surface area contributed by atoms with Crippen LogP contribution in [-0.4, -0.2) is 26.4 Å². The van der Waals surface area contributed by atoms with E-state index in [1.54, 1.807) is 19.1 Å². The number of amides is 1. The van der Waals surface area contributed by atoms with Crippen LogP contribution in [0.4, 0.5) is 0 Å². The lowest BCUT2D eigenvalue weighted by Gasteiger charge is -2.15. The van der Waals surface area contributed by atoms with Gasteiger partial charge in [-0.1, -0.05) is 12.1 Å². The van der Waals surface area contributed by atoms with Crippen molar-refractivity contribution >= 4 is 15.9 Å². The predicted molar refractivity (Wildman–Crippen MR) is 80.0 cm³/mol. The second-order valence-electron chi connectivity index (χ2n) is 5.49. The Balaban J connectivity index is 2.09. The van der Waals surface area contributed by atoms with Crippen LogP contribution in [0.1, 0.15) is 38.3 Å². The number of hydrogen-bond donors (Lipinski definition) is 3. The summed E-state index contributed by atoms with van der Waals surface area (Å²) < 4.78 is 27.0. The monoisotopic (exact) mass is 311 g/mol. The van der Waals surface area contributed by atoms with E-state index in [4.69, 9.17) is 5.73 Å². The Kier molecular flexibility index (Phi) is 4.65. The highest BCUT2D eigenvalue weighted by atomic mass is 32.2. The van der Waals surface area contributed by atoms with E-state index in [1.807, 2.05) is 0 Å². The highest BCUT2D eigenvalue weighted by Gasteiger charge is 2.28. The third-order valence-electron chi connectivity index (χ3n) is 3.34. The molecule has 6 nitrogen and oxygen atoms in total. The second kappa shape index (κ2) is 6.13. The van der Waals surface area contributed by atoms with Crippen LogP contribution in [-0.2, 0) is 14.8 Å². The van der Waals surface area contributed by atoms with Crippen molar-refractivity contribution in [3.8, 4) is 0 Å². The van der Waals surface area contributed by atoms with Gasteiger partial charge in [-0.05, 0) is 44.4 Å². The summed E-state index contributed by atoms with van der Waals surface area (Å²) in [6, 6.07) is 5.56. The number of benzene rings is 1. The third kappa shape index (κ3) is 4.26. The van der Waals surface area contributed by atoms with Crippen molar-refractivity contribution in [3.05, 3.63) is 29.8 Å². The van der Waals surface area contributed by atoms with Gasteiger partial charge in [0.25, 0.3) is 0 Å². The Hall–Kier alpha value is -1.44. The molecule has 2 unspecified atom stereocenters. The molecule has 116 valence electrons. The van der Waals surface area contributed by atoms with Crippen LogP contribution >= 0.6 is 0 Å². The van der Waals surface area contributed by atoms with Gasteiger partial charge in [0.15, 0.2) is 0 Å². The fourth-order valence-corrected chi connectivity index (χ4v) is 3.13. The third-order valence-corrected chi connectivity index (χ3v) is 4.88. The molecule has 1 aromatic carbocycles. The molecule has 0 bridgehead atoms. The molecule has 0 saturated heterocycles. The van der Waals surface area contributed by atoms with E-state index in [0.29, 0.717) is 0 Å². The molecule has 2 atom stereocenters. The van der Waals surface area contributed by atoms with Crippen LogP contribution < -0.4 is 15.8 Å². The first kappa shape index (κ1) is 15.9. The fraction of sp³-hybridized carbons (Fsp3) is 0.500. The van der Waals surface area contributed by atoms with Crippen LogP contribution in [0.5, 0.6) is 0 Å². The lowest BCUT2D eigenvalue weighted by atomic mass is 10.1. The highest BCUT2D eigenvalue weighted by molar-refractivity contribution is 7.89. The van der Waals surface area contributed by atoms with E-state index in [0.717, 1.165) is 18.4 Å². The minimum absolute atomic E-state index is 0.114. The van der Waals surface area contributed by atoms with Crippen LogP contribution in [0.2, 0.25) is 0 Å². The molecule has 1 aromatic rings. The van der Waals surface area contributed by atoms with Gasteiger partial charge in [0.2, 0.25) is 15.9 Å². The molecule has 1 fully saturated rings. The van der Waals surface area contributed by atoms with Crippen LogP contribution in [0, 0.1) is 0 Å². The molecule has 0 spiro atoms. The number of sulfonamides is 1. The molecule has 1 aliphatic rings. The first-order chi connectivity index (χ1) is 9.79. The average Bonchev–Trinajstić information content (AvgIpc) is 3.22. The van der Waals surface area contributed by atoms with Gasteiger partial charge >= 0.3 is 0 Å². The molecule has 7 heteroatoms. The van der Waals surface area contributed by atoms with E-state index in [2.05, 4.69) is 10.0 Å². The number of nitrogens with two attached hydrogens (primary N) is 1. The fourth-order valence-electron chi connectivity index (χ4n) is 1.87. The summed E-state index contributed by atoms with van der Waals surface area (Å²) in [5.74, 6) is -0.301. The van der Waals surface area contributed by atoms with Crippen molar-refractivity contribution in [2.75, 3.05) is 0 Å². The first-order valence-electron chi connectivity index (χ1n) is 6.98. The lowest BCUT2D eigenvalue weighted by Crippen LogP contribution is -2.45. The maximum absolute atomic E-state index is 12.3. The number of nitrogens with one attached hydrogen (secondary N) is 2. The van der Waals surface area contributed by atoms with Crippen LogP contribution in [0.25, 0.3) is 0 Å². The molecule has 21 heavy (non-hydrogen) atoms. The lowest BCUT2D eigenvalue weighted by molar-refractivity contribution is -0.122. The Bertz CT molecular complexity index is 624. The summed E-state index contributed by atoms with van der Waals surface area (Å²) in [4.78, 5) is 11.9. The van der Waals surface area contributed by atoms with Gasteiger partial charge < -0.3 is 11.1 Å². The van der Waals surface area contributed by atoms with E-state index >= 15 is 0 Å². The number of carbonyl (C=O) groups excluding carboxylic acids is 1. The Morgan fingerprint density at radius 3 is 2.57 bits per heavy atom. The van der Waals surface area contributed by atoms with E-state index in [9.17, 15) is 13.2 Å². The quantitative estimate of drug-likeness (QED) is 0.718. The molecule has 1 saturated carbocycles. The molecule has 0 radical (unpaired) electrons. The Morgan fingerprint density at radius 1 is 1.33 bits per heavy atom. The van der Waals surface area contributed by atoms with E-state index < -0.39 is 16.1 Å². The van der Waals surface area contributed by atoms with Crippen molar-refractivity contribution in [2.45, 2.75) is 49.7 Å². The zero-order chi connectivity index (χ0) is 15.6. The normalized spacial score (nSPS) is 18.0. The Morgan fingerprint density at radius 2 is 2.00 bits per heavy atom. The maximum Gasteiger partial charge on any atom is 0.241 e. The Labute approximate surface area is 125 Å². The van der Waals surface area contributed by atoms with Gasteiger partial charge in [-0.3, -0.25) is 4.79 Å². The predicted octanol–water partition coefficient (Wildman–Crippen LogP) is 0.652. The minimum Gasteiger partial charge on any atom is -0.352 e. The molecule has 1 amide bonds. The smallest absolute Gasteiger partial charge is 0.241 e. The maximum atomic E-state index is 12.3. The van der Waals surface area contributed by atoms with Crippen molar-refractivity contribution in [1.82, 2.24) is 10.0 Å². The van der Waals surface area contributed by atoms with Gasteiger partial charge in [-0.2, -0.15) is 4.72 Å². The summed E-state index contributed by atoms with van der Waals surface area (Å²) in [5, 5.41) is 2.77. The molecule has 1 aliphatic carbocycles. The molecular formula is C14H21N3O3S. The molecule has 4 N–H and O–H groups in total. The average molecular weight is 311 g/mol. The summed E-state index contributed by atoms with van der Waals surface area (Å²) in [7, 11) is -3.74. The number of hydrogen-bond acceptors (Lipinski definition) is 4. The summed E-state index contributed by atoms with van der Waals surface area (Å²) in [5.41, 5.74) is 6.49. The number of rotatable bonds is 6. The van der Waals surface area contributed by atoms with Crippen molar-refractivity contribution in [3.63, 3.8) is 0 Å². The zero-order valence-corrected chi connectivity index (χ0v) is 13.0. The van der Waals surface area contributed by atoms with E-state index in [1.165, 1.54) is 19.1 Å². The molecule has 0 aromatic heterocycles. The van der Waals surface area contributed by atoms with Crippen molar-refractivity contribution in [1.29, 1.82) is 0 Å². The van der Waals surface area contributed by atoms with Gasteiger partial charge in [0.05, 0.1) is 10.9 Å². The summed E-state index contributed by atoms with van der Waals surface area (Å²) in [6.07, 6.45) is 1.92. The molecule has 2 rings (SSSR count). The topological polar surface area (TPSA) is 101 Å².